The van der Waals surface area contributed by atoms with Crippen LogP contribution in [-0.4, -0.2) is 38.5 Å². The third kappa shape index (κ3) is 8.06. The van der Waals surface area contributed by atoms with E-state index in [1.165, 1.54) is 25.7 Å². The fourth-order valence-electron chi connectivity index (χ4n) is 2.34. The second-order valence-corrected chi connectivity index (χ2v) is 5.78. The molecule has 0 atom stereocenters. The van der Waals surface area contributed by atoms with E-state index in [2.05, 4.69) is 26.1 Å². The van der Waals surface area contributed by atoms with Gasteiger partial charge in [0.05, 0.1) is 18.8 Å². The average molecular weight is 257 g/mol. The van der Waals surface area contributed by atoms with Gasteiger partial charge in [-0.1, -0.05) is 6.92 Å². The van der Waals surface area contributed by atoms with Gasteiger partial charge in [0.25, 0.3) is 0 Å². The molecule has 3 heteroatoms. The van der Waals surface area contributed by atoms with Crippen molar-refractivity contribution in [1.82, 2.24) is 5.32 Å². The van der Waals surface area contributed by atoms with Crippen LogP contribution in [0, 0.1) is 5.92 Å². The molecular formula is C15H31NO2. The maximum absolute atomic E-state index is 5.88. The molecule has 1 aliphatic carbocycles. The zero-order valence-corrected chi connectivity index (χ0v) is 12.4. The van der Waals surface area contributed by atoms with Gasteiger partial charge in [0, 0.05) is 13.2 Å². The number of hydrogen-bond donors (Lipinski definition) is 1. The molecule has 0 spiro atoms. The molecule has 0 heterocycles. The van der Waals surface area contributed by atoms with Gasteiger partial charge in [-0.05, 0) is 58.4 Å². The summed E-state index contributed by atoms with van der Waals surface area (Å²) in [7, 11) is 0. The molecule has 108 valence electrons. The average Bonchev–Trinajstić information content (AvgIpc) is 2.34. The second-order valence-electron chi connectivity index (χ2n) is 5.78. The van der Waals surface area contributed by atoms with E-state index in [0.717, 1.165) is 38.6 Å². The smallest absolute Gasteiger partial charge is 0.0594 e. The van der Waals surface area contributed by atoms with Crippen molar-refractivity contribution in [1.29, 1.82) is 0 Å². The summed E-state index contributed by atoms with van der Waals surface area (Å²) in [5.74, 6) is 0.906. The first-order chi connectivity index (χ1) is 8.68. The van der Waals surface area contributed by atoms with Crippen LogP contribution in [0.1, 0.15) is 52.9 Å². The number of hydrogen-bond acceptors (Lipinski definition) is 3. The molecular weight excluding hydrogens is 226 g/mol. The predicted molar refractivity (Wildman–Crippen MR) is 75.9 cm³/mol. The van der Waals surface area contributed by atoms with E-state index >= 15 is 0 Å². The van der Waals surface area contributed by atoms with Gasteiger partial charge in [0.15, 0.2) is 0 Å². The summed E-state index contributed by atoms with van der Waals surface area (Å²) in [6.07, 6.45) is 7.13. The first-order valence-electron chi connectivity index (χ1n) is 7.62. The van der Waals surface area contributed by atoms with Crippen molar-refractivity contribution in [3.63, 3.8) is 0 Å². The highest BCUT2D eigenvalue weighted by atomic mass is 16.5. The van der Waals surface area contributed by atoms with Gasteiger partial charge in [-0.15, -0.1) is 0 Å². The van der Waals surface area contributed by atoms with Crippen LogP contribution in [0.5, 0.6) is 0 Å². The largest absolute Gasteiger partial charge is 0.379 e. The van der Waals surface area contributed by atoms with Crippen molar-refractivity contribution < 1.29 is 9.47 Å². The number of ether oxygens (including phenoxy) is 2. The molecule has 0 radical (unpaired) electrons. The van der Waals surface area contributed by atoms with Crippen molar-refractivity contribution >= 4 is 0 Å². The SMILES string of the molecule is CC1CCC(OCCNCCCOC(C)C)CC1. The van der Waals surface area contributed by atoms with Crippen LogP contribution in [-0.2, 0) is 9.47 Å². The van der Waals surface area contributed by atoms with Crippen LogP contribution >= 0.6 is 0 Å². The summed E-state index contributed by atoms with van der Waals surface area (Å²) in [6, 6.07) is 0. The first kappa shape index (κ1) is 15.9. The highest BCUT2D eigenvalue weighted by Crippen LogP contribution is 2.25. The van der Waals surface area contributed by atoms with Gasteiger partial charge in [-0.25, -0.2) is 0 Å². The van der Waals surface area contributed by atoms with Crippen molar-refractivity contribution in [3.8, 4) is 0 Å². The van der Waals surface area contributed by atoms with Crippen LogP contribution in [0.25, 0.3) is 0 Å². The standard InChI is InChI=1S/C15H31NO2/c1-13(2)17-11-4-9-16-10-12-18-15-7-5-14(3)6-8-15/h13-16H,4-12H2,1-3H3. The lowest BCUT2D eigenvalue weighted by Crippen LogP contribution is -2.27. The summed E-state index contributed by atoms with van der Waals surface area (Å²) < 4.78 is 11.4. The van der Waals surface area contributed by atoms with Crippen molar-refractivity contribution in [3.05, 3.63) is 0 Å². The Bertz CT molecular complexity index is 189. The zero-order valence-electron chi connectivity index (χ0n) is 12.4. The van der Waals surface area contributed by atoms with E-state index in [9.17, 15) is 0 Å². The quantitative estimate of drug-likeness (QED) is 0.644. The zero-order chi connectivity index (χ0) is 13.2. The third-order valence-electron chi connectivity index (χ3n) is 3.54. The summed E-state index contributed by atoms with van der Waals surface area (Å²) in [4.78, 5) is 0. The van der Waals surface area contributed by atoms with Gasteiger partial charge >= 0.3 is 0 Å². The van der Waals surface area contributed by atoms with E-state index in [1.807, 2.05) is 0 Å². The Balaban J connectivity index is 1.81. The van der Waals surface area contributed by atoms with Crippen LogP contribution in [0.3, 0.4) is 0 Å². The normalized spacial score (nSPS) is 24.7. The minimum absolute atomic E-state index is 0.349. The third-order valence-corrected chi connectivity index (χ3v) is 3.54. The number of nitrogens with one attached hydrogen (secondary N) is 1. The van der Waals surface area contributed by atoms with Crippen LogP contribution in [0.2, 0.25) is 0 Å². The molecule has 1 saturated carbocycles. The van der Waals surface area contributed by atoms with Gasteiger partial charge in [-0.3, -0.25) is 0 Å². The molecule has 1 fully saturated rings. The predicted octanol–water partition coefficient (Wildman–Crippen LogP) is 2.99. The highest BCUT2D eigenvalue weighted by Gasteiger charge is 2.17. The first-order valence-corrected chi connectivity index (χ1v) is 7.62. The Hall–Kier alpha value is -0.120. The Morgan fingerprint density at radius 1 is 1.06 bits per heavy atom. The van der Waals surface area contributed by atoms with Crippen molar-refractivity contribution in [2.45, 2.75) is 65.1 Å². The summed E-state index contributed by atoms with van der Waals surface area (Å²) >= 11 is 0. The molecule has 1 rings (SSSR count). The molecule has 0 bridgehead atoms. The van der Waals surface area contributed by atoms with Crippen molar-refractivity contribution in [2.24, 2.45) is 5.92 Å². The van der Waals surface area contributed by atoms with E-state index < -0.39 is 0 Å². The Morgan fingerprint density at radius 2 is 1.78 bits per heavy atom. The monoisotopic (exact) mass is 257 g/mol. The lowest BCUT2D eigenvalue weighted by molar-refractivity contribution is 0.0212. The maximum atomic E-state index is 5.88. The van der Waals surface area contributed by atoms with Gasteiger partial charge in [-0.2, -0.15) is 0 Å². The summed E-state index contributed by atoms with van der Waals surface area (Å²) in [6.45, 7) is 10.2. The second kappa shape index (κ2) is 9.76. The molecule has 18 heavy (non-hydrogen) atoms. The maximum Gasteiger partial charge on any atom is 0.0594 e. The van der Waals surface area contributed by atoms with Gasteiger partial charge < -0.3 is 14.8 Å². The Morgan fingerprint density at radius 3 is 2.44 bits per heavy atom. The number of rotatable bonds is 9. The summed E-state index contributed by atoms with van der Waals surface area (Å²) in [5, 5.41) is 3.40. The molecule has 0 aromatic heterocycles. The van der Waals surface area contributed by atoms with Gasteiger partial charge in [0.2, 0.25) is 0 Å². The molecule has 0 saturated heterocycles. The van der Waals surface area contributed by atoms with Crippen LogP contribution < -0.4 is 5.32 Å². The molecule has 0 aliphatic heterocycles. The molecule has 3 nitrogen and oxygen atoms in total. The Kier molecular flexibility index (Phi) is 8.64. The molecule has 1 N–H and O–H groups in total. The molecule has 0 unspecified atom stereocenters. The van der Waals surface area contributed by atoms with E-state index in [4.69, 9.17) is 9.47 Å². The fourth-order valence-corrected chi connectivity index (χ4v) is 2.34. The molecule has 0 amide bonds. The molecule has 0 aromatic carbocycles. The van der Waals surface area contributed by atoms with Crippen molar-refractivity contribution in [2.75, 3.05) is 26.3 Å². The van der Waals surface area contributed by atoms with Crippen LogP contribution in [0.15, 0.2) is 0 Å². The van der Waals surface area contributed by atoms with Gasteiger partial charge in [0.1, 0.15) is 0 Å². The van der Waals surface area contributed by atoms with E-state index in [-0.39, 0.29) is 0 Å². The molecule has 0 aromatic rings. The lowest BCUT2D eigenvalue weighted by Gasteiger charge is -2.26. The topological polar surface area (TPSA) is 30.5 Å². The minimum atomic E-state index is 0.349. The fraction of sp³-hybridized carbons (Fsp3) is 1.00. The Labute approximate surface area is 113 Å². The van der Waals surface area contributed by atoms with Crippen LogP contribution in [0.4, 0.5) is 0 Å². The van der Waals surface area contributed by atoms with E-state index in [0.29, 0.717) is 12.2 Å². The minimum Gasteiger partial charge on any atom is -0.379 e. The summed E-state index contributed by atoms with van der Waals surface area (Å²) in [5.41, 5.74) is 0. The molecule has 1 aliphatic rings. The lowest BCUT2D eigenvalue weighted by atomic mass is 9.89. The van der Waals surface area contributed by atoms with E-state index in [1.54, 1.807) is 0 Å². The highest BCUT2D eigenvalue weighted by molar-refractivity contribution is 4.69.